The predicted octanol–water partition coefficient (Wildman–Crippen LogP) is 4.61. The largest absolute Gasteiger partial charge is 0.317 e. The summed E-state index contributed by atoms with van der Waals surface area (Å²) in [6.07, 6.45) is 2.90. The van der Waals surface area contributed by atoms with Crippen LogP contribution < -0.4 is 5.43 Å². The highest BCUT2D eigenvalue weighted by molar-refractivity contribution is 9.10. The van der Waals surface area contributed by atoms with Gasteiger partial charge in [-0.1, -0.05) is 12.1 Å². The van der Waals surface area contributed by atoms with Gasteiger partial charge in [-0.05, 0) is 54.0 Å². The lowest BCUT2D eigenvalue weighted by Crippen LogP contribution is -2.00. The molecule has 0 radical (unpaired) electrons. The molecule has 0 unspecified atom stereocenters. The van der Waals surface area contributed by atoms with Crippen molar-refractivity contribution in [1.82, 2.24) is 9.55 Å². The molecule has 2 aromatic heterocycles. The van der Waals surface area contributed by atoms with Gasteiger partial charge in [-0.2, -0.15) is 5.10 Å². The summed E-state index contributed by atoms with van der Waals surface area (Å²) in [6, 6.07) is 13.0. The molecule has 0 atom stereocenters. The Morgan fingerprint density at radius 2 is 2.04 bits per heavy atom. The number of aryl methyl sites for hydroxylation is 1. The van der Waals surface area contributed by atoms with E-state index >= 15 is 0 Å². The van der Waals surface area contributed by atoms with Crippen molar-refractivity contribution in [3.63, 3.8) is 0 Å². The van der Waals surface area contributed by atoms with Crippen molar-refractivity contribution in [3.05, 3.63) is 80.2 Å². The molecule has 0 saturated heterocycles. The van der Waals surface area contributed by atoms with Crippen LogP contribution in [0.1, 0.15) is 17.0 Å². The number of para-hydroxylation sites is 1. The standard InChI is InChI=1S/C18H16BrN5O2/c1-12-9-14(13(2)23(12)17-6-4-3-5-16(17)19)10-21-22-18-8-7-15(11-20-18)24(25)26/h3-11H,1-2H3,(H,20,22)/b21-10+. The summed E-state index contributed by atoms with van der Waals surface area (Å²) in [4.78, 5) is 14.1. The number of hydrogen-bond donors (Lipinski definition) is 1. The van der Waals surface area contributed by atoms with Crippen molar-refractivity contribution in [2.45, 2.75) is 13.8 Å². The van der Waals surface area contributed by atoms with E-state index in [2.05, 4.69) is 36.0 Å². The quantitative estimate of drug-likeness (QED) is 0.376. The van der Waals surface area contributed by atoms with Gasteiger partial charge in [0.15, 0.2) is 0 Å². The van der Waals surface area contributed by atoms with Crippen LogP contribution >= 0.6 is 15.9 Å². The molecule has 1 N–H and O–H groups in total. The van der Waals surface area contributed by atoms with Crippen LogP contribution in [0.5, 0.6) is 0 Å². The van der Waals surface area contributed by atoms with E-state index in [-0.39, 0.29) is 5.69 Å². The Morgan fingerprint density at radius 1 is 1.27 bits per heavy atom. The molecule has 0 aliphatic heterocycles. The van der Waals surface area contributed by atoms with Crippen LogP contribution in [0.2, 0.25) is 0 Å². The van der Waals surface area contributed by atoms with E-state index in [1.54, 1.807) is 6.21 Å². The molecule has 26 heavy (non-hydrogen) atoms. The first-order valence-corrected chi connectivity index (χ1v) is 8.60. The van der Waals surface area contributed by atoms with Crippen molar-refractivity contribution in [2.24, 2.45) is 5.10 Å². The topological polar surface area (TPSA) is 85.3 Å². The maximum absolute atomic E-state index is 10.6. The molecule has 0 aliphatic rings. The lowest BCUT2D eigenvalue weighted by Gasteiger charge is -2.11. The molecule has 8 heteroatoms. The Morgan fingerprint density at radius 3 is 2.69 bits per heavy atom. The first-order chi connectivity index (χ1) is 12.5. The average Bonchev–Trinajstić information content (AvgIpc) is 2.90. The summed E-state index contributed by atoms with van der Waals surface area (Å²) in [6.45, 7) is 4.06. The molecular formula is C18H16BrN5O2. The van der Waals surface area contributed by atoms with Gasteiger partial charge in [-0.15, -0.1) is 0 Å². The SMILES string of the molecule is Cc1cc(/C=N/Nc2ccc([N+](=O)[O-])cn2)c(C)n1-c1ccccc1Br. The summed E-state index contributed by atoms with van der Waals surface area (Å²) in [7, 11) is 0. The average molecular weight is 414 g/mol. The molecule has 0 spiro atoms. The second-order valence-electron chi connectivity index (χ2n) is 5.64. The van der Waals surface area contributed by atoms with Gasteiger partial charge in [0.1, 0.15) is 12.0 Å². The highest BCUT2D eigenvalue weighted by Gasteiger charge is 2.11. The first kappa shape index (κ1) is 17.8. The van der Waals surface area contributed by atoms with Gasteiger partial charge in [0.05, 0.1) is 16.8 Å². The molecule has 3 rings (SSSR count). The van der Waals surface area contributed by atoms with Crippen LogP contribution in [0.3, 0.4) is 0 Å². The van der Waals surface area contributed by atoms with Gasteiger partial charge in [-0.25, -0.2) is 4.98 Å². The van der Waals surface area contributed by atoms with Gasteiger partial charge >= 0.3 is 0 Å². The fourth-order valence-corrected chi connectivity index (χ4v) is 3.11. The Kier molecular flexibility index (Phi) is 5.13. The molecule has 3 aromatic rings. The fraction of sp³-hybridized carbons (Fsp3) is 0.111. The minimum atomic E-state index is -0.489. The third-order valence-corrected chi connectivity index (χ3v) is 4.58. The van der Waals surface area contributed by atoms with E-state index in [4.69, 9.17) is 0 Å². The molecule has 7 nitrogen and oxygen atoms in total. The normalized spacial score (nSPS) is 11.0. The smallest absolute Gasteiger partial charge is 0.287 e. The van der Waals surface area contributed by atoms with E-state index < -0.39 is 4.92 Å². The second-order valence-corrected chi connectivity index (χ2v) is 6.50. The third-order valence-electron chi connectivity index (χ3n) is 3.91. The summed E-state index contributed by atoms with van der Waals surface area (Å²) < 4.78 is 3.16. The zero-order chi connectivity index (χ0) is 18.7. The molecule has 2 heterocycles. The number of hydrogen-bond acceptors (Lipinski definition) is 5. The predicted molar refractivity (Wildman–Crippen MR) is 105 cm³/mol. The Hall–Kier alpha value is -3.00. The lowest BCUT2D eigenvalue weighted by molar-refractivity contribution is -0.385. The maximum Gasteiger partial charge on any atom is 0.287 e. The number of nitrogens with one attached hydrogen (secondary N) is 1. The fourth-order valence-electron chi connectivity index (χ4n) is 2.65. The Labute approximate surface area is 158 Å². The molecule has 132 valence electrons. The first-order valence-electron chi connectivity index (χ1n) is 7.80. The maximum atomic E-state index is 10.6. The Balaban J connectivity index is 1.80. The molecule has 0 aliphatic carbocycles. The van der Waals surface area contributed by atoms with Crippen LogP contribution in [0.25, 0.3) is 5.69 Å². The van der Waals surface area contributed by atoms with E-state index in [0.29, 0.717) is 5.82 Å². The number of anilines is 1. The van der Waals surface area contributed by atoms with Gasteiger partial charge in [0.25, 0.3) is 5.69 Å². The van der Waals surface area contributed by atoms with Crippen molar-refractivity contribution < 1.29 is 4.92 Å². The summed E-state index contributed by atoms with van der Waals surface area (Å²) >= 11 is 3.59. The molecular weight excluding hydrogens is 398 g/mol. The van der Waals surface area contributed by atoms with Crippen LogP contribution in [0.15, 0.2) is 58.2 Å². The molecule has 1 aromatic carbocycles. The minimum absolute atomic E-state index is 0.0588. The van der Waals surface area contributed by atoms with E-state index in [1.165, 1.54) is 18.3 Å². The third kappa shape index (κ3) is 3.65. The lowest BCUT2D eigenvalue weighted by atomic mass is 10.2. The van der Waals surface area contributed by atoms with Crippen molar-refractivity contribution >= 4 is 33.6 Å². The number of nitrogens with zero attached hydrogens (tertiary/aromatic N) is 4. The number of benzene rings is 1. The van der Waals surface area contributed by atoms with Gasteiger partial charge in [0.2, 0.25) is 0 Å². The summed E-state index contributed by atoms with van der Waals surface area (Å²) in [5.41, 5.74) is 6.89. The van der Waals surface area contributed by atoms with Crippen LogP contribution in [-0.2, 0) is 0 Å². The number of halogens is 1. The second kappa shape index (κ2) is 7.49. The Bertz CT molecular complexity index is 980. The van der Waals surface area contributed by atoms with Gasteiger partial charge in [0, 0.05) is 27.5 Å². The minimum Gasteiger partial charge on any atom is -0.317 e. The van der Waals surface area contributed by atoms with Crippen LogP contribution in [-0.4, -0.2) is 20.7 Å². The van der Waals surface area contributed by atoms with Gasteiger partial charge in [-0.3, -0.25) is 15.5 Å². The highest BCUT2D eigenvalue weighted by atomic mass is 79.9. The number of pyridine rings is 1. The number of rotatable bonds is 5. The summed E-state index contributed by atoms with van der Waals surface area (Å²) in [5.74, 6) is 0.437. The van der Waals surface area contributed by atoms with Crippen molar-refractivity contribution in [3.8, 4) is 5.69 Å². The number of aromatic nitrogens is 2. The zero-order valence-corrected chi connectivity index (χ0v) is 15.8. The number of nitro groups is 1. The number of hydrazone groups is 1. The van der Waals surface area contributed by atoms with Crippen LogP contribution in [0.4, 0.5) is 11.5 Å². The van der Waals surface area contributed by atoms with E-state index in [1.807, 2.05) is 44.2 Å². The highest BCUT2D eigenvalue weighted by Crippen LogP contribution is 2.26. The molecule has 0 saturated carbocycles. The monoisotopic (exact) mass is 413 g/mol. The summed E-state index contributed by atoms with van der Waals surface area (Å²) in [5, 5.41) is 14.8. The molecule has 0 amide bonds. The molecule has 0 fully saturated rings. The van der Waals surface area contributed by atoms with E-state index in [0.717, 1.165) is 27.1 Å². The molecule has 0 bridgehead atoms. The van der Waals surface area contributed by atoms with Crippen molar-refractivity contribution in [2.75, 3.05) is 5.43 Å². The van der Waals surface area contributed by atoms with Gasteiger partial charge < -0.3 is 4.57 Å². The van der Waals surface area contributed by atoms with Crippen LogP contribution in [0, 0.1) is 24.0 Å². The van der Waals surface area contributed by atoms with E-state index in [9.17, 15) is 10.1 Å². The zero-order valence-electron chi connectivity index (χ0n) is 14.2. The van der Waals surface area contributed by atoms with Crippen molar-refractivity contribution in [1.29, 1.82) is 0 Å².